The minimum absolute atomic E-state index is 0.467. The van der Waals surface area contributed by atoms with E-state index in [9.17, 15) is 0 Å². The molecule has 1 unspecified atom stereocenters. The molecule has 2 aromatic carbocycles. The van der Waals surface area contributed by atoms with Crippen molar-refractivity contribution in [2.45, 2.75) is 44.7 Å². The highest BCUT2D eigenvalue weighted by Gasteiger charge is 2.40. The van der Waals surface area contributed by atoms with Crippen LogP contribution >= 0.6 is 0 Å². The molecule has 4 rings (SSSR count). The third kappa shape index (κ3) is 2.77. The SMILES string of the molecule is CCC(=NOC)C1=C(c2ccc3ccccc3c2)CC2CC[C@H]1N2C. The lowest BCUT2D eigenvalue weighted by atomic mass is 9.85. The van der Waals surface area contributed by atoms with Gasteiger partial charge in [-0.1, -0.05) is 48.5 Å². The number of nitrogens with zero attached hydrogens (tertiary/aromatic N) is 2. The number of rotatable bonds is 4. The first kappa shape index (κ1) is 16.3. The molecule has 3 nitrogen and oxygen atoms in total. The molecule has 0 saturated carbocycles. The van der Waals surface area contributed by atoms with Gasteiger partial charge in [0.25, 0.3) is 0 Å². The number of hydrogen-bond donors (Lipinski definition) is 0. The third-order valence-corrected chi connectivity index (χ3v) is 5.88. The number of fused-ring (bicyclic) bond motifs is 3. The average molecular weight is 334 g/mol. The lowest BCUT2D eigenvalue weighted by Crippen LogP contribution is -2.40. The van der Waals surface area contributed by atoms with Crippen LogP contribution in [0.5, 0.6) is 0 Å². The molecule has 0 aromatic heterocycles. The number of oxime groups is 1. The van der Waals surface area contributed by atoms with Crippen molar-refractivity contribution in [3.8, 4) is 0 Å². The molecule has 0 aliphatic carbocycles. The molecule has 2 aliphatic heterocycles. The first-order chi connectivity index (χ1) is 12.2. The smallest absolute Gasteiger partial charge is 0.106 e. The fourth-order valence-electron chi connectivity index (χ4n) is 4.58. The molecule has 0 amide bonds. The molecule has 25 heavy (non-hydrogen) atoms. The van der Waals surface area contributed by atoms with Crippen LogP contribution in [0.4, 0.5) is 0 Å². The maximum Gasteiger partial charge on any atom is 0.106 e. The van der Waals surface area contributed by atoms with Crippen molar-refractivity contribution >= 4 is 22.1 Å². The topological polar surface area (TPSA) is 24.8 Å². The largest absolute Gasteiger partial charge is 0.399 e. The lowest BCUT2D eigenvalue weighted by molar-refractivity contribution is 0.211. The van der Waals surface area contributed by atoms with E-state index in [0.29, 0.717) is 12.1 Å². The fraction of sp³-hybridized carbons (Fsp3) is 0.409. The van der Waals surface area contributed by atoms with Crippen molar-refractivity contribution in [2.24, 2.45) is 5.16 Å². The van der Waals surface area contributed by atoms with Crippen LogP contribution in [0.1, 0.15) is 38.2 Å². The van der Waals surface area contributed by atoms with Gasteiger partial charge in [0.1, 0.15) is 7.11 Å². The summed E-state index contributed by atoms with van der Waals surface area (Å²) in [5, 5.41) is 6.99. The van der Waals surface area contributed by atoms with E-state index in [0.717, 1.165) is 18.6 Å². The molecule has 130 valence electrons. The molecule has 3 heteroatoms. The van der Waals surface area contributed by atoms with Gasteiger partial charge in [0, 0.05) is 12.1 Å². The van der Waals surface area contributed by atoms with Crippen LogP contribution < -0.4 is 0 Å². The second-order valence-electron chi connectivity index (χ2n) is 7.14. The average Bonchev–Trinajstić information content (AvgIpc) is 2.88. The van der Waals surface area contributed by atoms with Gasteiger partial charge >= 0.3 is 0 Å². The highest BCUT2D eigenvalue weighted by Crippen LogP contribution is 2.43. The van der Waals surface area contributed by atoms with Gasteiger partial charge in [-0.3, -0.25) is 4.90 Å². The Kier molecular flexibility index (Phi) is 4.34. The predicted octanol–water partition coefficient (Wildman–Crippen LogP) is 4.87. The molecule has 0 N–H and O–H groups in total. The summed E-state index contributed by atoms with van der Waals surface area (Å²) in [6, 6.07) is 16.6. The molecule has 1 saturated heterocycles. The standard InChI is InChI=1S/C22H26N2O/c1-4-20(23-25-3)22-19(14-18-11-12-21(22)24(18)2)17-10-9-15-7-5-6-8-16(15)13-17/h5-10,13,18,21H,4,11-12,14H2,1-3H3/t18?,21-/m1/s1. The second-order valence-corrected chi connectivity index (χ2v) is 7.14. The Morgan fingerprint density at radius 1 is 1.16 bits per heavy atom. The Hall–Kier alpha value is -2.13. The van der Waals surface area contributed by atoms with E-state index >= 15 is 0 Å². The van der Waals surface area contributed by atoms with E-state index in [1.54, 1.807) is 7.11 Å². The molecular formula is C22H26N2O. The molecule has 1 fully saturated rings. The predicted molar refractivity (Wildman–Crippen MR) is 105 cm³/mol. The second kappa shape index (κ2) is 6.64. The molecule has 2 heterocycles. The lowest BCUT2D eigenvalue weighted by Gasteiger charge is -2.35. The van der Waals surface area contributed by atoms with Gasteiger partial charge in [-0.25, -0.2) is 0 Å². The van der Waals surface area contributed by atoms with Crippen LogP contribution in [-0.4, -0.2) is 36.9 Å². The molecule has 2 atom stereocenters. The minimum Gasteiger partial charge on any atom is -0.399 e. The Balaban J connectivity index is 1.90. The van der Waals surface area contributed by atoms with Gasteiger partial charge in [-0.15, -0.1) is 0 Å². The van der Waals surface area contributed by atoms with Gasteiger partial charge in [-0.2, -0.15) is 0 Å². The van der Waals surface area contributed by atoms with Crippen LogP contribution in [-0.2, 0) is 4.84 Å². The van der Waals surface area contributed by atoms with Crippen LogP contribution in [0.15, 0.2) is 53.2 Å². The highest BCUT2D eigenvalue weighted by atomic mass is 16.6. The molecule has 0 spiro atoms. The molecule has 2 aliphatic rings. The first-order valence-corrected chi connectivity index (χ1v) is 9.27. The summed E-state index contributed by atoms with van der Waals surface area (Å²) in [5.41, 5.74) is 5.31. The summed E-state index contributed by atoms with van der Waals surface area (Å²) in [4.78, 5) is 7.72. The van der Waals surface area contributed by atoms with Crippen LogP contribution in [0, 0.1) is 0 Å². The first-order valence-electron chi connectivity index (χ1n) is 9.27. The highest BCUT2D eigenvalue weighted by molar-refractivity contribution is 6.08. The minimum atomic E-state index is 0.467. The zero-order valence-electron chi connectivity index (χ0n) is 15.3. The molecule has 0 radical (unpaired) electrons. The van der Waals surface area contributed by atoms with Crippen molar-refractivity contribution < 1.29 is 4.84 Å². The summed E-state index contributed by atoms with van der Waals surface area (Å²) in [7, 11) is 3.91. The van der Waals surface area contributed by atoms with Crippen LogP contribution in [0.25, 0.3) is 16.3 Å². The van der Waals surface area contributed by atoms with Crippen molar-refractivity contribution in [1.82, 2.24) is 4.90 Å². The van der Waals surface area contributed by atoms with E-state index < -0.39 is 0 Å². The quantitative estimate of drug-likeness (QED) is 0.588. The van der Waals surface area contributed by atoms with Gasteiger partial charge in [0.05, 0.1) is 5.71 Å². The maximum atomic E-state index is 5.18. The van der Waals surface area contributed by atoms with E-state index in [1.807, 2.05) is 0 Å². The van der Waals surface area contributed by atoms with Crippen molar-refractivity contribution in [2.75, 3.05) is 14.2 Å². The Labute approximate surface area is 150 Å². The van der Waals surface area contributed by atoms with Crippen molar-refractivity contribution in [3.63, 3.8) is 0 Å². The third-order valence-electron chi connectivity index (χ3n) is 5.88. The van der Waals surface area contributed by atoms with Crippen LogP contribution in [0.2, 0.25) is 0 Å². The zero-order chi connectivity index (χ0) is 17.4. The molecule has 2 bridgehead atoms. The van der Waals surface area contributed by atoms with Gasteiger partial charge in [0.2, 0.25) is 0 Å². The van der Waals surface area contributed by atoms with Crippen LogP contribution in [0.3, 0.4) is 0 Å². The normalized spacial score (nSPS) is 24.2. The summed E-state index contributed by atoms with van der Waals surface area (Å²) in [6.45, 7) is 2.17. The maximum absolute atomic E-state index is 5.18. The number of benzene rings is 2. The monoisotopic (exact) mass is 334 g/mol. The Morgan fingerprint density at radius 3 is 2.72 bits per heavy atom. The zero-order valence-corrected chi connectivity index (χ0v) is 15.3. The summed E-state index contributed by atoms with van der Waals surface area (Å²) in [6.07, 6.45) is 4.49. The number of hydrogen-bond acceptors (Lipinski definition) is 3. The van der Waals surface area contributed by atoms with E-state index in [-0.39, 0.29) is 0 Å². The summed E-state index contributed by atoms with van der Waals surface area (Å²) >= 11 is 0. The Morgan fingerprint density at radius 2 is 1.96 bits per heavy atom. The van der Waals surface area contributed by atoms with Gasteiger partial charge < -0.3 is 4.84 Å². The molecule has 2 aromatic rings. The Bertz CT molecular complexity index is 852. The van der Waals surface area contributed by atoms with E-state index in [2.05, 4.69) is 66.5 Å². The van der Waals surface area contributed by atoms with E-state index in [4.69, 9.17) is 4.84 Å². The molecular weight excluding hydrogens is 308 g/mol. The van der Waals surface area contributed by atoms with Gasteiger partial charge in [0.15, 0.2) is 0 Å². The van der Waals surface area contributed by atoms with E-state index in [1.165, 1.54) is 40.3 Å². The van der Waals surface area contributed by atoms with Gasteiger partial charge in [-0.05, 0) is 66.3 Å². The summed E-state index contributed by atoms with van der Waals surface area (Å²) in [5.74, 6) is 0. The number of likely N-dealkylation sites (N-methyl/N-ethyl adjacent to an activating group) is 1. The fourth-order valence-corrected chi connectivity index (χ4v) is 4.58. The summed E-state index contributed by atoms with van der Waals surface area (Å²) < 4.78 is 0. The van der Waals surface area contributed by atoms with Crippen molar-refractivity contribution in [3.05, 3.63) is 53.6 Å². The van der Waals surface area contributed by atoms with Crippen molar-refractivity contribution in [1.29, 1.82) is 0 Å².